The van der Waals surface area contributed by atoms with Gasteiger partial charge in [0.2, 0.25) is 11.8 Å². The first kappa shape index (κ1) is 17.4. The minimum Gasteiger partial charge on any atom is -0.347 e. The molecule has 1 aromatic heterocycles. The van der Waals surface area contributed by atoms with Crippen LogP contribution < -0.4 is 5.32 Å². The molecule has 0 aromatic carbocycles. The number of likely N-dealkylation sites (tertiary alicyclic amines) is 1. The maximum atomic E-state index is 12.2. The molecule has 2 heterocycles. The standard InChI is InChI=1S/C17H26N4O2/c1-13-10-14(6-8-18-13)11-19-15-4-5-16(22)21(9-7-15)12-17(23)20(2)3/h6,8,10,15,19H,4-5,7,9,11-12H2,1-3H3/t15-/m0/s1. The Balaban J connectivity index is 1.85. The van der Waals surface area contributed by atoms with Crippen LogP contribution in [0, 0.1) is 6.92 Å². The van der Waals surface area contributed by atoms with E-state index in [4.69, 9.17) is 0 Å². The average Bonchev–Trinajstić information content (AvgIpc) is 2.68. The van der Waals surface area contributed by atoms with Crippen LogP contribution >= 0.6 is 0 Å². The molecule has 126 valence electrons. The van der Waals surface area contributed by atoms with E-state index < -0.39 is 0 Å². The van der Waals surface area contributed by atoms with Gasteiger partial charge in [-0.3, -0.25) is 14.6 Å². The first-order valence-electron chi connectivity index (χ1n) is 8.08. The van der Waals surface area contributed by atoms with Crippen molar-refractivity contribution in [2.45, 2.75) is 38.8 Å². The van der Waals surface area contributed by atoms with Gasteiger partial charge in [-0.1, -0.05) is 0 Å². The highest BCUT2D eigenvalue weighted by atomic mass is 16.2. The lowest BCUT2D eigenvalue weighted by molar-refractivity contribution is -0.138. The van der Waals surface area contributed by atoms with E-state index in [-0.39, 0.29) is 18.4 Å². The van der Waals surface area contributed by atoms with Gasteiger partial charge in [-0.15, -0.1) is 0 Å². The molecule has 0 unspecified atom stereocenters. The first-order chi connectivity index (χ1) is 11.0. The van der Waals surface area contributed by atoms with Crippen molar-refractivity contribution in [3.63, 3.8) is 0 Å². The molecule has 6 heteroatoms. The van der Waals surface area contributed by atoms with Gasteiger partial charge in [0.15, 0.2) is 0 Å². The van der Waals surface area contributed by atoms with Gasteiger partial charge in [0.1, 0.15) is 0 Å². The second-order valence-electron chi connectivity index (χ2n) is 6.31. The highest BCUT2D eigenvalue weighted by Crippen LogP contribution is 2.13. The molecule has 0 saturated carbocycles. The number of amides is 2. The second kappa shape index (κ2) is 8.06. The van der Waals surface area contributed by atoms with Gasteiger partial charge in [-0.05, 0) is 37.5 Å². The zero-order valence-corrected chi connectivity index (χ0v) is 14.2. The van der Waals surface area contributed by atoms with E-state index in [0.29, 0.717) is 19.0 Å². The molecule has 0 spiro atoms. The molecule has 6 nitrogen and oxygen atoms in total. The zero-order valence-electron chi connectivity index (χ0n) is 14.2. The van der Waals surface area contributed by atoms with E-state index in [1.807, 2.05) is 19.2 Å². The molecular weight excluding hydrogens is 292 g/mol. The zero-order chi connectivity index (χ0) is 16.8. The van der Waals surface area contributed by atoms with Crippen LogP contribution in [-0.2, 0) is 16.1 Å². The number of hydrogen-bond acceptors (Lipinski definition) is 4. The maximum absolute atomic E-state index is 12.2. The van der Waals surface area contributed by atoms with Crippen molar-refractivity contribution in [3.05, 3.63) is 29.6 Å². The van der Waals surface area contributed by atoms with Crippen molar-refractivity contribution >= 4 is 11.8 Å². The molecule has 1 aromatic rings. The SMILES string of the molecule is Cc1cc(CN[C@H]2CCC(=O)N(CC(=O)N(C)C)CC2)ccn1. The van der Waals surface area contributed by atoms with Gasteiger partial charge in [-0.2, -0.15) is 0 Å². The number of carbonyl (C=O) groups excluding carboxylic acids is 2. The Morgan fingerprint density at radius 1 is 1.43 bits per heavy atom. The molecule has 2 rings (SSSR count). The van der Waals surface area contributed by atoms with Gasteiger partial charge >= 0.3 is 0 Å². The number of rotatable bonds is 5. The van der Waals surface area contributed by atoms with Gasteiger partial charge in [0.25, 0.3) is 0 Å². The van der Waals surface area contributed by atoms with E-state index in [9.17, 15) is 9.59 Å². The third-order valence-corrected chi connectivity index (χ3v) is 4.19. The molecule has 1 atom stereocenters. The van der Waals surface area contributed by atoms with Crippen molar-refractivity contribution in [2.24, 2.45) is 0 Å². The Morgan fingerprint density at radius 2 is 2.22 bits per heavy atom. The highest BCUT2D eigenvalue weighted by molar-refractivity contribution is 5.84. The summed E-state index contributed by atoms with van der Waals surface area (Å²) in [6, 6.07) is 4.37. The number of nitrogens with one attached hydrogen (secondary N) is 1. The lowest BCUT2D eigenvalue weighted by Crippen LogP contribution is -2.40. The molecule has 1 saturated heterocycles. The summed E-state index contributed by atoms with van der Waals surface area (Å²) < 4.78 is 0. The van der Waals surface area contributed by atoms with Crippen LogP contribution in [0.5, 0.6) is 0 Å². The molecule has 1 N–H and O–H groups in total. The molecule has 0 aliphatic carbocycles. The fourth-order valence-corrected chi connectivity index (χ4v) is 2.69. The summed E-state index contributed by atoms with van der Waals surface area (Å²) in [7, 11) is 3.43. The summed E-state index contributed by atoms with van der Waals surface area (Å²) in [5.41, 5.74) is 2.21. The fraction of sp³-hybridized carbons (Fsp3) is 0.588. The molecule has 0 bridgehead atoms. The van der Waals surface area contributed by atoms with Crippen molar-refractivity contribution < 1.29 is 9.59 Å². The second-order valence-corrected chi connectivity index (χ2v) is 6.31. The summed E-state index contributed by atoms with van der Waals surface area (Å²) in [5, 5.41) is 3.52. The molecule has 2 amide bonds. The fourth-order valence-electron chi connectivity index (χ4n) is 2.69. The third-order valence-electron chi connectivity index (χ3n) is 4.19. The van der Waals surface area contributed by atoms with Crippen molar-refractivity contribution in [1.29, 1.82) is 0 Å². The lowest BCUT2D eigenvalue weighted by atomic mass is 10.1. The number of hydrogen-bond donors (Lipinski definition) is 1. The van der Waals surface area contributed by atoms with E-state index in [0.717, 1.165) is 25.1 Å². The van der Waals surface area contributed by atoms with Crippen LogP contribution in [0.2, 0.25) is 0 Å². The Morgan fingerprint density at radius 3 is 2.91 bits per heavy atom. The normalized spacial score (nSPS) is 18.7. The van der Waals surface area contributed by atoms with Crippen LogP contribution in [0.1, 0.15) is 30.5 Å². The Labute approximate surface area is 137 Å². The predicted octanol–water partition coefficient (Wildman–Crippen LogP) is 0.949. The van der Waals surface area contributed by atoms with Gasteiger partial charge in [0, 0.05) is 51.5 Å². The smallest absolute Gasteiger partial charge is 0.241 e. The maximum Gasteiger partial charge on any atom is 0.241 e. The Bertz CT molecular complexity index is 559. The topological polar surface area (TPSA) is 65.5 Å². The van der Waals surface area contributed by atoms with Crippen LogP contribution in [0.3, 0.4) is 0 Å². The summed E-state index contributed by atoms with van der Waals surface area (Å²) in [6.45, 7) is 3.57. The molecule has 1 aliphatic heterocycles. The van der Waals surface area contributed by atoms with Crippen LogP contribution in [0.4, 0.5) is 0 Å². The lowest BCUT2D eigenvalue weighted by Gasteiger charge is -2.22. The Kier molecular flexibility index (Phi) is 6.10. The van der Waals surface area contributed by atoms with E-state index >= 15 is 0 Å². The minimum atomic E-state index is -0.0305. The van der Waals surface area contributed by atoms with Gasteiger partial charge in [-0.25, -0.2) is 0 Å². The summed E-state index contributed by atoms with van der Waals surface area (Å²) >= 11 is 0. The molecule has 1 aliphatic rings. The third kappa shape index (κ3) is 5.32. The number of nitrogens with zero attached hydrogens (tertiary/aromatic N) is 3. The van der Waals surface area contributed by atoms with E-state index in [2.05, 4.69) is 16.4 Å². The van der Waals surface area contributed by atoms with Crippen molar-refractivity contribution in [3.8, 4) is 0 Å². The predicted molar refractivity (Wildman–Crippen MR) is 88.7 cm³/mol. The summed E-state index contributed by atoms with van der Waals surface area (Å²) in [4.78, 5) is 31.4. The monoisotopic (exact) mass is 318 g/mol. The number of pyridine rings is 1. The minimum absolute atomic E-state index is 0.0305. The largest absolute Gasteiger partial charge is 0.347 e. The first-order valence-corrected chi connectivity index (χ1v) is 8.08. The summed E-state index contributed by atoms with van der Waals surface area (Å²) in [5.74, 6) is 0.0428. The van der Waals surface area contributed by atoms with Gasteiger partial charge < -0.3 is 15.1 Å². The van der Waals surface area contributed by atoms with Crippen LogP contribution in [-0.4, -0.2) is 59.8 Å². The molecule has 1 fully saturated rings. The van der Waals surface area contributed by atoms with E-state index in [1.54, 1.807) is 19.0 Å². The van der Waals surface area contributed by atoms with E-state index in [1.165, 1.54) is 10.5 Å². The molecular formula is C17H26N4O2. The summed E-state index contributed by atoms with van der Waals surface area (Å²) in [6.07, 6.45) is 4.00. The number of aromatic nitrogens is 1. The molecule has 23 heavy (non-hydrogen) atoms. The Hall–Kier alpha value is -1.95. The van der Waals surface area contributed by atoms with Crippen LogP contribution in [0.15, 0.2) is 18.3 Å². The highest BCUT2D eigenvalue weighted by Gasteiger charge is 2.24. The van der Waals surface area contributed by atoms with Crippen molar-refractivity contribution in [1.82, 2.24) is 20.1 Å². The van der Waals surface area contributed by atoms with Crippen LogP contribution in [0.25, 0.3) is 0 Å². The number of likely N-dealkylation sites (N-methyl/N-ethyl adjacent to an activating group) is 1. The van der Waals surface area contributed by atoms with Crippen molar-refractivity contribution in [2.75, 3.05) is 27.2 Å². The number of aryl methyl sites for hydroxylation is 1. The van der Waals surface area contributed by atoms with Gasteiger partial charge in [0.05, 0.1) is 6.54 Å². The number of carbonyl (C=O) groups is 2. The quantitative estimate of drug-likeness (QED) is 0.878. The molecule has 0 radical (unpaired) electrons. The average molecular weight is 318 g/mol.